The Labute approximate surface area is 191 Å². The number of hydrogen-bond donors (Lipinski definition) is 3. The second-order valence-corrected chi connectivity index (χ2v) is 7.42. The Kier molecular flexibility index (Phi) is 5.43. The number of ether oxygens (including phenoxy) is 1. The van der Waals surface area contributed by atoms with E-state index in [9.17, 15) is 24.3 Å². The summed E-state index contributed by atoms with van der Waals surface area (Å²) in [5.41, 5.74) is 0.758. The lowest BCUT2D eigenvalue weighted by molar-refractivity contribution is -0.130. The number of imide groups is 1. The maximum absolute atomic E-state index is 12.5. The number of methoxy groups -OCH3 is 1. The first-order chi connectivity index (χ1) is 16.2. The number of carbonyl (C=O) groups is 2. The Morgan fingerprint density at radius 1 is 1.15 bits per heavy atom. The Morgan fingerprint density at radius 2 is 1.85 bits per heavy atom. The predicted octanol–water partition coefficient (Wildman–Crippen LogP) is -2.18. The fraction of sp³-hybridized carbons (Fsp3) is 0.250. The van der Waals surface area contributed by atoms with E-state index in [-0.39, 0.29) is 23.0 Å². The van der Waals surface area contributed by atoms with Crippen molar-refractivity contribution in [1.29, 1.82) is 0 Å². The largest absolute Gasteiger partial charge is 0.495 e. The van der Waals surface area contributed by atoms with Gasteiger partial charge in [0.2, 0.25) is 11.9 Å². The number of nitrogens with zero attached hydrogens (tertiary/aromatic N) is 6. The normalized spacial score (nSPS) is 17.8. The van der Waals surface area contributed by atoms with Crippen LogP contribution in [-0.4, -0.2) is 93.6 Å². The molecule has 1 atom stereocenters. The number of hydrogen-bond acceptors (Lipinski definition) is 9. The number of H-pyrrole nitrogens is 1. The lowest BCUT2D eigenvalue weighted by Gasteiger charge is -2.30. The van der Waals surface area contributed by atoms with Crippen molar-refractivity contribution < 1.29 is 19.4 Å². The second-order valence-electron chi connectivity index (χ2n) is 7.42. The van der Waals surface area contributed by atoms with Crippen molar-refractivity contribution >= 4 is 29.9 Å². The van der Waals surface area contributed by atoms with Crippen LogP contribution in [0.3, 0.4) is 0 Å². The summed E-state index contributed by atoms with van der Waals surface area (Å²) < 4.78 is 10.4. The van der Waals surface area contributed by atoms with Gasteiger partial charge < -0.3 is 9.84 Å². The summed E-state index contributed by atoms with van der Waals surface area (Å²) in [6.45, 7) is 0. The third-order valence-corrected chi connectivity index (χ3v) is 5.47. The summed E-state index contributed by atoms with van der Waals surface area (Å²) in [4.78, 5) is 55.3. The average molecular weight is 469 g/mol. The molecule has 34 heavy (non-hydrogen) atoms. The lowest BCUT2D eigenvalue weighted by atomic mass is 10.1. The summed E-state index contributed by atoms with van der Waals surface area (Å²) in [5, 5.41) is 14.6. The molecule has 1 fully saturated rings. The van der Waals surface area contributed by atoms with E-state index in [2.05, 4.69) is 20.2 Å². The first-order valence-electron chi connectivity index (χ1n) is 9.91. The van der Waals surface area contributed by atoms with E-state index in [1.807, 2.05) is 0 Å². The SMILES string of the molecule is COc1ccccc1-n1c(O)c(/C=N/NC2=[N+]=C3C(C(=O)N(C)C(=O)N3C)N2C)c(=O)[nH]c1=O. The van der Waals surface area contributed by atoms with Gasteiger partial charge in [-0.2, -0.15) is 5.43 Å². The van der Waals surface area contributed by atoms with Gasteiger partial charge in [0.15, 0.2) is 0 Å². The molecule has 3 amide bonds. The van der Waals surface area contributed by atoms with E-state index in [1.165, 1.54) is 37.1 Å². The number of aromatic hydroxyl groups is 1. The van der Waals surface area contributed by atoms with Crippen molar-refractivity contribution in [1.82, 2.24) is 34.3 Å². The van der Waals surface area contributed by atoms with Crippen molar-refractivity contribution in [3.8, 4) is 17.3 Å². The van der Waals surface area contributed by atoms with Crippen LogP contribution < -0.4 is 26.1 Å². The molecule has 0 bridgehead atoms. The molecule has 1 aromatic heterocycles. The van der Waals surface area contributed by atoms with Crippen LogP contribution in [0.2, 0.25) is 0 Å². The van der Waals surface area contributed by atoms with E-state index in [0.717, 1.165) is 15.7 Å². The average Bonchev–Trinajstić information content (AvgIpc) is 3.14. The molecule has 3 heterocycles. The maximum atomic E-state index is 12.5. The quantitative estimate of drug-likeness (QED) is 0.258. The van der Waals surface area contributed by atoms with Gasteiger partial charge in [-0.05, 0) is 12.1 Å². The number of aromatic amines is 1. The van der Waals surface area contributed by atoms with Gasteiger partial charge in [0.1, 0.15) is 11.3 Å². The summed E-state index contributed by atoms with van der Waals surface area (Å²) in [6, 6.07) is 5.10. The van der Waals surface area contributed by atoms with Crippen molar-refractivity contribution in [3.63, 3.8) is 0 Å². The second kappa shape index (κ2) is 8.26. The fourth-order valence-corrected chi connectivity index (χ4v) is 3.63. The highest BCUT2D eigenvalue weighted by Crippen LogP contribution is 2.24. The van der Waals surface area contributed by atoms with Gasteiger partial charge >= 0.3 is 23.5 Å². The van der Waals surface area contributed by atoms with E-state index in [4.69, 9.17) is 4.74 Å². The molecular weight excluding hydrogens is 448 g/mol. The van der Waals surface area contributed by atoms with Crippen LogP contribution in [0.15, 0.2) is 39.0 Å². The third kappa shape index (κ3) is 3.38. The Balaban J connectivity index is 1.68. The highest BCUT2D eigenvalue weighted by Gasteiger charge is 2.53. The number of urea groups is 1. The summed E-state index contributed by atoms with van der Waals surface area (Å²) in [5.74, 6) is -0.464. The molecule has 2 aromatic rings. The van der Waals surface area contributed by atoms with Crippen LogP contribution in [0, 0.1) is 0 Å². The molecule has 1 unspecified atom stereocenters. The van der Waals surface area contributed by atoms with Gasteiger partial charge in [0.25, 0.3) is 11.5 Å². The molecule has 4 rings (SSSR count). The maximum Gasteiger partial charge on any atom is 0.421 e. The van der Waals surface area contributed by atoms with Crippen molar-refractivity contribution in [2.45, 2.75) is 6.04 Å². The molecule has 0 saturated carbocycles. The van der Waals surface area contributed by atoms with Gasteiger partial charge in [-0.15, -0.1) is 5.10 Å². The third-order valence-electron chi connectivity index (χ3n) is 5.47. The molecule has 0 spiro atoms. The molecule has 14 nitrogen and oxygen atoms in total. The molecule has 14 heteroatoms. The predicted molar refractivity (Wildman–Crippen MR) is 121 cm³/mol. The van der Waals surface area contributed by atoms with E-state index < -0.39 is 35.1 Å². The summed E-state index contributed by atoms with van der Waals surface area (Å²) >= 11 is 0. The number of para-hydroxylation sites is 2. The number of rotatable bonds is 4. The number of amides is 3. The van der Waals surface area contributed by atoms with Crippen molar-refractivity contribution in [2.75, 3.05) is 28.3 Å². The number of aromatic nitrogens is 2. The zero-order valence-electron chi connectivity index (χ0n) is 18.6. The van der Waals surface area contributed by atoms with E-state index in [1.54, 1.807) is 25.2 Å². The number of fused-ring (bicyclic) bond motifs is 1. The van der Waals surface area contributed by atoms with Crippen molar-refractivity contribution in [2.24, 2.45) is 5.10 Å². The minimum absolute atomic E-state index is 0.133. The minimum Gasteiger partial charge on any atom is -0.495 e. The molecule has 2 aliphatic rings. The highest BCUT2D eigenvalue weighted by molar-refractivity contribution is 6.23. The van der Waals surface area contributed by atoms with Gasteiger partial charge in [-0.25, -0.2) is 28.6 Å². The molecule has 176 valence electrons. The van der Waals surface area contributed by atoms with Crippen LogP contribution >= 0.6 is 0 Å². The van der Waals surface area contributed by atoms with E-state index >= 15 is 0 Å². The highest BCUT2D eigenvalue weighted by atomic mass is 16.5. The molecular formula is C20H21N8O6+. The van der Waals surface area contributed by atoms with Gasteiger partial charge in [-0.3, -0.25) is 19.5 Å². The Hall–Kier alpha value is -4.84. The van der Waals surface area contributed by atoms with Crippen LogP contribution in [0.5, 0.6) is 11.6 Å². The van der Waals surface area contributed by atoms with Gasteiger partial charge in [0, 0.05) is 14.1 Å². The first kappa shape index (κ1) is 22.4. The number of likely N-dealkylation sites (N-methyl/N-ethyl adjacent to an activating group) is 3. The van der Waals surface area contributed by atoms with Crippen LogP contribution in [0.25, 0.3) is 5.69 Å². The van der Waals surface area contributed by atoms with Crippen molar-refractivity contribution in [3.05, 3.63) is 50.7 Å². The summed E-state index contributed by atoms with van der Waals surface area (Å²) in [7, 11) is 5.86. The molecule has 1 aromatic carbocycles. The molecule has 0 aliphatic carbocycles. The standard InChI is InChI=1S/C20H20N8O6/c1-25-13-14(26(2)20(33)27(3)17(13)31)22-18(25)24-21-9-10-15(29)23-19(32)28(16(10)30)11-7-5-6-8-12(11)34-4/h5-9,13H,1-4H3,(H2,21,23,29,30,32)/p+1. The van der Waals surface area contributed by atoms with Gasteiger partial charge in [-0.1, -0.05) is 12.1 Å². The first-order valence-corrected chi connectivity index (χ1v) is 9.91. The molecule has 1 saturated heterocycles. The van der Waals surface area contributed by atoms with Crippen LogP contribution in [0.1, 0.15) is 5.56 Å². The number of carbonyl (C=O) groups excluding carboxylic acids is 2. The number of nitrogens with one attached hydrogen (secondary N) is 2. The molecule has 2 aliphatic heterocycles. The number of benzene rings is 1. The topological polar surface area (TPSA) is 167 Å². The zero-order chi connectivity index (χ0) is 24.7. The minimum atomic E-state index is -0.869. The Bertz CT molecular complexity index is 1420. The van der Waals surface area contributed by atoms with Crippen LogP contribution in [0.4, 0.5) is 4.79 Å². The fourth-order valence-electron chi connectivity index (χ4n) is 3.63. The van der Waals surface area contributed by atoms with Crippen LogP contribution in [-0.2, 0) is 4.79 Å². The number of hydrazone groups is 1. The Morgan fingerprint density at radius 3 is 2.56 bits per heavy atom. The van der Waals surface area contributed by atoms with E-state index in [0.29, 0.717) is 5.75 Å². The number of guanidine groups is 1. The summed E-state index contributed by atoms with van der Waals surface area (Å²) in [6.07, 6.45) is 1.01. The monoisotopic (exact) mass is 469 g/mol. The smallest absolute Gasteiger partial charge is 0.421 e. The van der Waals surface area contributed by atoms with Gasteiger partial charge in [0.05, 0.1) is 26.1 Å². The lowest BCUT2D eigenvalue weighted by Crippen LogP contribution is -2.63. The molecule has 3 N–H and O–H groups in total. The number of amidine groups is 1. The zero-order valence-corrected chi connectivity index (χ0v) is 18.6. The molecule has 0 radical (unpaired) electrons.